The smallest absolute Gasteiger partial charge is 0.216 e. The van der Waals surface area contributed by atoms with Gasteiger partial charge in [0.25, 0.3) is 0 Å². The van der Waals surface area contributed by atoms with Crippen LogP contribution in [0.2, 0.25) is 0 Å². The Morgan fingerprint density at radius 2 is 1.28 bits per heavy atom. The molecule has 0 bridgehead atoms. The Kier molecular flexibility index (Phi) is 4.70. The van der Waals surface area contributed by atoms with Gasteiger partial charge in [-0.25, -0.2) is 4.57 Å². The third-order valence-corrected chi connectivity index (χ3v) is 6.58. The van der Waals surface area contributed by atoms with Gasteiger partial charge in [0.2, 0.25) is 5.69 Å². The van der Waals surface area contributed by atoms with E-state index < -0.39 is 0 Å². The van der Waals surface area contributed by atoms with Crippen molar-refractivity contribution in [2.45, 2.75) is 40.0 Å². The largest absolute Gasteiger partial charge is 0.454 e. The molecule has 0 atom stereocenters. The highest BCUT2D eigenvalue weighted by Gasteiger charge is 2.22. The lowest BCUT2D eigenvalue weighted by atomic mass is 9.86. The van der Waals surface area contributed by atoms with Gasteiger partial charge < -0.3 is 4.42 Å². The maximum absolute atomic E-state index is 6.72. The summed E-state index contributed by atoms with van der Waals surface area (Å²) in [5, 5.41) is 2.33. The second kappa shape index (κ2) is 7.34. The molecule has 0 unspecified atom stereocenters. The molecule has 2 heteroatoms. The molecule has 2 nitrogen and oxygen atoms in total. The van der Waals surface area contributed by atoms with E-state index >= 15 is 0 Å². The molecule has 0 saturated carbocycles. The summed E-state index contributed by atoms with van der Waals surface area (Å²) >= 11 is 0. The van der Waals surface area contributed by atoms with Crippen LogP contribution >= 0.6 is 0 Å². The Morgan fingerprint density at radius 3 is 1.88 bits per heavy atom. The average molecular weight is 421 g/mol. The molecule has 0 aliphatic heterocycles. The van der Waals surface area contributed by atoms with E-state index in [1.807, 2.05) is 0 Å². The van der Waals surface area contributed by atoms with Gasteiger partial charge in [0.1, 0.15) is 18.2 Å². The maximum Gasteiger partial charge on any atom is 0.216 e. The van der Waals surface area contributed by atoms with E-state index in [9.17, 15) is 0 Å². The van der Waals surface area contributed by atoms with Crippen LogP contribution < -0.4 is 4.57 Å². The molecule has 0 fully saturated rings. The van der Waals surface area contributed by atoms with Crippen molar-refractivity contribution in [3.63, 3.8) is 0 Å². The van der Waals surface area contributed by atoms with Crippen LogP contribution in [0.15, 0.2) is 77.3 Å². The number of fused-ring (bicyclic) bond motifs is 3. The van der Waals surface area contributed by atoms with E-state index in [1.165, 1.54) is 33.2 Å². The minimum Gasteiger partial charge on any atom is -0.454 e. The van der Waals surface area contributed by atoms with Crippen molar-refractivity contribution in [1.29, 1.82) is 0 Å². The molecule has 32 heavy (non-hydrogen) atoms. The fourth-order valence-electron chi connectivity index (χ4n) is 4.70. The van der Waals surface area contributed by atoms with Gasteiger partial charge in [0.15, 0.2) is 6.20 Å². The van der Waals surface area contributed by atoms with Gasteiger partial charge >= 0.3 is 0 Å². The first-order valence-corrected chi connectivity index (χ1v) is 11.3. The molecule has 0 saturated heterocycles. The van der Waals surface area contributed by atoms with Crippen LogP contribution in [0.5, 0.6) is 0 Å². The zero-order valence-corrected chi connectivity index (χ0v) is 19.8. The number of hydrogen-bond donors (Lipinski definition) is 0. The van der Waals surface area contributed by atoms with Gasteiger partial charge in [-0.2, -0.15) is 0 Å². The number of nitrogens with zero attached hydrogens (tertiary/aromatic N) is 1. The highest BCUT2D eigenvalue weighted by atomic mass is 16.3. The molecular weight excluding hydrogens is 390 g/mol. The SMILES string of the molecule is Cc1ccc2c(oc3c(-c4cccc[n+]4C)c(C)ccc32)c1-c1ccc(C(C)(C)C)cc1. The minimum atomic E-state index is 0.136. The molecule has 2 aromatic heterocycles. The van der Waals surface area contributed by atoms with Crippen LogP contribution in [0.25, 0.3) is 44.3 Å². The summed E-state index contributed by atoms with van der Waals surface area (Å²) in [5.74, 6) is 0. The van der Waals surface area contributed by atoms with Crippen LogP contribution in [-0.2, 0) is 12.5 Å². The quantitative estimate of drug-likeness (QED) is 0.268. The lowest BCUT2D eigenvalue weighted by molar-refractivity contribution is -0.660. The minimum absolute atomic E-state index is 0.136. The van der Waals surface area contributed by atoms with E-state index in [0.717, 1.165) is 27.8 Å². The van der Waals surface area contributed by atoms with Gasteiger partial charge in [-0.05, 0) is 47.6 Å². The van der Waals surface area contributed by atoms with Crippen molar-refractivity contribution in [2.75, 3.05) is 0 Å². The van der Waals surface area contributed by atoms with E-state index in [4.69, 9.17) is 4.42 Å². The van der Waals surface area contributed by atoms with E-state index in [0.29, 0.717) is 0 Å². The van der Waals surface area contributed by atoms with E-state index in [2.05, 4.69) is 119 Å². The van der Waals surface area contributed by atoms with Gasteiger partial charge in [0.05, 0.1) is 5.56 Å². The average Bonchev–Trinajstić information content (AvgIpc) is 3.12. The standard InChI is InChI=1S/C30H30NO/c1-19-10-16-23-24-17-11-20(2)27(25-9-7-8-18-31(25)6)29(24)32-28(23)26(19)21-12-14-22(15-13-21)30(3,4)5/h7-18H,1-6H3/q+1. The van der Waals surface area contributed by atoms with Crippen LogP contribution in [0.3, 0.4) is 0 Å². The number of rotatable bonds is 2. The third kappa shape index (κ3) is 3.22. The number of hydrogen-bond acceptors (Lipinski definition) is 1. The first kappa shape index (κ1) is 20.5. The Morgan fingerprint density at radius 1 is 0.688 bits per heavy atom. The van der Waals surface area contributed by atoms with Gasteiger partial charge in [-0.1, -0.05) is 69.3 Å². The molecule has 0 radical (unpaired) electrons. The van der Waals surface area contributed by atoms with Crippen molar-refractivity contribution < 1.29 is 8.98 Å². The summed E-state index contributed by atoms with van der Waals surface area (Å²) in [7, 11) is 2.09. The number of aryl methyl sites for hydroxylation is 3. The summed E-state index contributed by atoms with van der Waals surface area (Å²) in [6.07, 6.45) is 2.09. The van der Waals surface area contributed by atoms with Crippen LogP contribution in [0, 0.1) is 13.8 Å². The Bertz CT molecular complexity index is 1460. The molecular formula is C30H30NO+. The zero-order valence-electron chi connectivity index (χ0n) is 19.8. The van der Waals surface area contributed by atoms with Crippen LogP contribution in [0.4, 0.5) is 0 Å². The molecule has 0 spiro atoms. The molecule has 2 heterocycles. The van der Waals surface area contributed by atoms with Gasteiger partial charge in [0, 0.05) is 28.5 Å². The highest BCUT2D eigenvalue weighted by Crippen LogP contribution is 2.42. The highest BCUT2D eigenvalue weighted by molar-refractivity contribution is 6.13. The summed E-state index contributed by atoms with van der Waals surface area (Å²) in [4.78, 5) is 0. The Hall–Kier alpha value is -3.39. The molecule has 5 rings (SSSR count). The van der Waals surface area contributed by atoms with Crippen molar-refractivity contribution >= 4 is 21.9 Å². The van der Waals surface area contributed by atoms with Crippen molar-refractivity contribution in [2.24, 2.45) is 7.05 Å². The van der Waals surface area contributed by atoms with Crippen LogP contribution in [0.1, 0.15) is 37.5 Å². The number of aromatic nitrogens is 1. The summed E-state index contributed by atoms with van der Waals surface area (Å²) in [6.45, 7) is 11.1. The van der Waals surface area contributed by atoms with Gasteiger partial charge in [-0.15, -0.1) is 0 Å². The fraction of sp³-hybridized carbons (Fsp3) is 0.233. The molecule has 160 valence electrons. The Labute approximate surface area is 190 Å². The Balaban J connectivity index is 1.81. The summed E-state index contributed by atoms with van der Waals surface area (Å²) in [6, 6.07) is 24.1. The van der Waals surface area contributed by atoms with Gasteiger partial charge in [-0.3, -0.25) is 0 Å². The maximum atomic E-state index is 6.72. The van der Waals surface area contributed by atoms with E-state index in [-0.39, 0.29) is 5.41 Å². The summed E-state index contributed by atoms with van der Waals surface area (Å²) < 4.78 is 8.88. The molecule has 0 N–H and O–H groups in total. The topological polar surface area (TPSA) is 17.0 Å². The third-order valence-electron chi connectivity index (χ3n) is 6.58. The molecule has 5 aromatic rings. The zero-order chi connectivity index (χ0) is 22.6. The predicted molar refractivity (Wildman–Crippen MR) is 134 cm³/mol. The van der Waals surface area contributed by atoms with Crippen molar-refractivity contribution in [3.05, 3.63) is 89.6 Å². The second-order valence-corrected chi connectivity index (χ2v) is 9.89. The number of pyridine rings is 1. The normalized spacial score (nSPS) is 12.1. The molecule has 0 amide bonds. The van der Waals surface area contributed by atoms with Crippen LogP contribution in [-0.4, -0.2) is 0 Å². The molecule has 3 aromatic carbocycles. The lowest BCUT2D eigenvalue weighted by Crippen LogP contribution is -2.30. The lowest BCUT2D eigenvalue weighted by Gasteiger charge is -2.19. The van der Waals surface area contributed by atoms with E-state index in [1.54, 1.807) is 0 Å². The number of benzene rings is 3. The first-order chi connectivity index (χ1) is 15.3. The number of furan rings is 1. The molecule has 0 aliphatic carbocycles. The predicted octanol–water partition coefficient (Wildman–Crippen LogP) is 7.66. The molecule has 0 aliphatic rings. The second-order valence-electron chi connectivity index (χ2n) is 9.89. The first-order valence-electron chi connectivity index (χ1n) is 11.3. The monoisotopic (exact) mass is 420 g/mol. The summed E-state index contributed by atoms with van der Waals surface area (Å²) in [5.41, 5.74) is 10.5. The van der Waals surface area contributed by atoms with Crippen molar-refractivity contribution in [1.82, 2.24) is 0 Å². The fourth-order valence-corrected chi connectivity index (χ4v) is 4.70. The van der Waals surface area contributed by atoms with Crippen molar-refractivity contribution in [3.8, 4) is 22.4 Å².